The van der Waals surface area contributed by atoms with E-state index in [1.54, 1.807) is 12.3 Å². The first-order valence-corrected chi connectivity index (χ1v) is 7.59. The highest BCUT2D eigenvalue weighted by Crippen LogP contribution is 2.40. The Morgan fingerprint density at radius 2 is 2.14 bits per heavy atom. The maximum atomic E-state index is 9.98. The summed E-state index contributed by atoms with van der Waals surface area (Å²) in [5.74, 6) is 0.627. The summed E-state index contributed by atoms with van der Waals surface area (Å²) >= 11 is 7.17. The number of fused-ring (bicyclic) bond motifs is 2. The van der Waals surface area contributed by atoms with Gasteiger partial charge in [0.2, 0.25) is 5.96 Å². The highest BCUT2D eigenvalue weighted by Gasteiger charge is 2.17. The van der Waals surface area contributed by atoms with Gasteiger partial charge >= 0.3 is 0 Å². The van der Waals surface area contributed by atoms with Crippen molar-refractivity contribution >= 4 is 51.8 Å². The molecule has 0 saturated heterocycles. The van der Waals surface area contributed by atoms with E-state index in [1.165, 1.54) is 18.0 Å². The molecule has 0 saturated carbocycles. The molecule has 1 aromatic heterocycles. The van der Waals surface area contributed by atoms with Crippen LogP contribution in [0, 0.1) is 0 Å². The average molecular weight is 332 g/mol. The minimum absolute atomic E-state index is 0.0909. The molecule has 0 fully saturated rings. The number of rotatable bonds is 1. The summed E-state index contributed by atoms with van der Waals surface area (Å²) in [7, 11) is 0. The molecule has 110 valence electrons. The zero-order valence-electron chi connectivity index (χ0n) is 11.1. The van der Waals surface area contributed by atoms with E-state index in [4.69, 9.17) is 11.6 Å². The summed E-state index contributed by atoms with van der Waals surface area (Å²) < 4.78 is 4.33. The fraction of sp³-hybridized carbons (Fsp3) is 0. The molecule has 8 heteroatoms. The molecule has 1 aliphatic rings. The predicted molar refractivity (Wildman–Crippen MR) is 89.7 cm³/mol. The van der Waals surface area contributed by atoms with Crippen molar-refractivity contribution in [1.29, 1.82) is 0 Å². The number of phenols is 1. The Morgan fingerprint density at radius 1 is 1.23 bits per heavy atom. The molecular formula is C14H10ClN5OS. The molecule has 0 aliphatic carbocycles. The predicted octanol–water partition coefficient (Wildman–Crippen LogP) is 3.82. The van der Waals surface area contributed by atoms with Crippen LogP contribution >= 0.6 is 23.5 Å². The number of nitrogens with one attached hydrogen (secondary N) is 3. The van der Waals surface area contributed by atoms with Crippen LogP contribution in [0.15, 0.2) is 45.8 Å². The summed E-state index contributed by atoms with van der Waals surface area (Å²) in [6, 6.07) is 9.08. The van der Waals surface area contributed by atoms with Crippen LogP contribution < -0.4 is 10.6 Å². The van der Waals surface area contributed by atoms with Gasteiger partial charge in [-0.1, -0.05) is 11.6 Å². The third-order valence-corrected chi connectivity index (χ3v) is 4.24. The largest absolute Gasteiger partial charge is 0.506 e. The lowest BCUT2D eigenvalue weighted by Gasteiger charge is -2.19. The topological polar surface area (TPSA) is 85.3 Å². The van der Waals surface area contributed by atoms with E-state index in [0.29, 0.717) is 16.7 Å². The first kappa shape index (κ1) is 13.3. The molecule has 4 rings (SSSR count). The molecule has 3 aromatic rings. The van der Waals surface area contributed by atoms with Gasteiger partial charge in [-0.05, 0) is 24.3 Å². The summed E-state index contributed by atoms with van der Waals surface area (Å²) in [5, 5.41) is 24.6. The van der Waals surface area contributed by atoms with Crippen LogP contribution in [-0.4, -0.2) is 21.3 Å². The highest BCUT2D eigenvalue weighted by molar-refractivity contribution is 7.98. The van der Waals surface area contributed by atoms with Crippen molar-refractivity contribution in [2.45, 2.75) is 4.90 Å². The number of hydrogen-bond acceptors (Lipinski definition) is 6. The number of aromatic hydroxyl groups is 1. The van der Waals surface area contributed by atoms with Gasteiger partial charge in [0, 0.05) is 34.1 Å². The van der Waals surface area contributed by atoms with Crippen LogP contribution in [0.1, 0.15) is 0 Å². The zero-order chi connectivity index (χ0) is 15.1. The van der Waals surface area contributed by atoms with E-state index in [2.05, 4.69) is 25.2 Å². The van der Waals surface area contributed by atoms with Crippen LogP contribution in [0.2, 0.25) is 5.02 Å². The summed E-state index contributed by atoms with van der Waals surface area (Å²) in [4.78, 5) is 0.777. The van der Waals surface area contributed by atoms with Gasteiger partial charge in [0.05, 0.1) is 22.3 Å². The second-order valence-corrected chi connectivity index (χ2v) is 5.99. The lowest BCUT2D eigenvalue weighted by molar-refractivity contribution is 0.476. The molecular weight excluding hydrogens is 322 g/mol. The van der Waals surface area contributed by atoms with Crippen LogP contribution in [0.3, 0.4) is 0 Å². The first-order chi connectivity index (χ1) is 10.7. The molecule has 0 radical (unpaired) electrons. The highest BCUT2D eigenvalue weighted by atomic mass is 35.5. The Bertz CT molecular complexity index is 907. The molecule has 2 aromatic carbocycles. The minimum Gasteiger partial charge on any atom is -0.506 e. The number of guanidine groups is 1. The molecule has 22 heavy (non-hydrogen) atoms. The molecule has 6 nitrogen and oxygen atoms in total. The quantitative estimate of drug-likeness (QED) is 0.402. The lowest BCUT2D eigenvalue weighted by atomic mass is 10.2. The van der Waals surface area contributed by atoms with E-state index in [9.17, 15) is 5.11 Å². The van der Waals surface area contributed by atoms with Crippen molar-refractivity contribution in [3.63, 3.8) is 0 Å². The van der Waals surface area contributed by atoms with Crippen molar-refractivity contribution in [3.05, 3.63) is 41.6 Å². The summed E-state index contributed by atoms with van der Waals surface area (Å²) in [6.07, 6.45) is 1.77. The van der Waals surface area contributed by atoms with Gasteiger partial charge in [0.1, 0.15) is 5.75 Å². The van der Waals surface area contributed by atoms with Crippen molar-refractivity contribution in [2.75, 3.05) is 10.6 Å². The Labute approximate surface area is 134 Å². The maximum Gasteiger partial charge on any atom is 0.212 e. The monoisotopic (exact) mass is 331 g/mol. The van der Waals surface area contributed by atoms with Gasteiger partial charge in [-0.2, -0.15) is 9.50 Å². The van der Waals surface area contributed by atoms with Crippen LogP contribution in [0.4, 0.5) is 11.4 Å². The first-order valence-electron chi connectivity index (χ1n) is 6.44. The van der Waals surface area contributed by atoms with Crippen LogP contribution in [0.25, 0.3) is 10.9 Å². The molecule has 0 spiro atoms. The molecule has 1 aliphatic heterocycles. The van der Waals surface area contributed by atoms with Gasteiger partial charge in [-0.15, -0.1) is 0 Å². The van der Waals surface area contributed by atoms with Crippen molar-refractivity contribution < 1.29 is 5.11 Å². The van der Waals surface area contributed by atoms with E-state index in [1.807, 2.05) is 18.2 Å². The number of hydrogen-bond donors (Lipinski definition) is 4. The minimum atomic E-state index is 0.0909. The van der Waals surface area contributed by atoms with E-state index in [-0.39, 0.29) is 5.75 Å². The fourth-order valence-electron chi connectivity index (χ4n) is 2.21. The second-order valence-electron chi connectivity index (χ2n) is 4.75. The SMILES string of the molecule is Oc1cc(Cl)cc2c1NC(Nc1ccc3cn[nH]c3c1)=NS2. The lowest BCUT2D eigenvalue weighted by Crippen LogP contribution is -2.23. The maximum absolute atomic E-state index is 9.98. The number of halogens is 1. The number of aromatic nitrogens is 2. The summed E-state index contributed by atoms with van der Waals surface area (Å²) in [6.45, 7) is 0. The third kappa shape index (κ3) is 2.34. The number of nitrogens with zero attached hydrogens (tertiary/aromatic N) is 2. The van der Waals surface area contributed by atoms with Crippen molar-refractivity contribution in [2.24, 2.45) is 4.40 Å². The van der Waals surface area contributed by atoms with Crippen molar-refractivity contribution in [1.82, 2.24) is 10.2 Å². The van der Waals surface area contributed by atoms with E-state index >= 15 is 0 Å². The number of aromatic amines is 1. The number of H-pyrrole nitrogens is 1. The van der Waals surface area contributed by atoms with E-state index < -0.39 is 0 Å². The molecule has 0 atom stereocenters. The summed E-state index contributed by atoms with van der Waals surface area (Å²) in [5.41, 5.74) is 2.39. The Balaban J connectivity index is 1.60. The average Bonchev–Trinajstić information content (AvgIpc) is 2.95. The van der Waals surface area contributed by atoms with Crippen molar-refractivity contribution in [3.8, 4) is 5.75 Å². The molecule has 0 bridgehead atoms. The van der Waals surface area contributed by atoms with Gasteiger partial charge in [0.25, 0.3) is 0 Å². The number of anilines is 2. The Hall–Kier alpha value is -2.38. The van der Waals surface area contributed by atoms with Gasteiger partial charge in [0.15, 0.2) is 0 Å². The molecule has 0 amide bonds. The second kappa shape index (κ2) is 5.11. The van der Waals surface area contributed by atoms with Gasteiger partial charge < -0.3 is 15.7 Å². The third-order valence-electron chi connectivity index (χ3n) is 3.23. The fourth-order valence-corrected chi connectivity index (χ4v) is 3.19. The van der Waals surface area contributed by atoms with E-state index in [0.717, 1.165) is 21.5 Å². The smallest absolute Gasteiger partial charge is 0.212 e. The number of benzene rings is 2. The molecule has 4 N–H and O–H groups in total. The Kier molecular flexibility index (Phi) is 3.09. The normalized spacial score (nSPS) is 13.4. The molecule has 2 heterocycles. The van der Waals surface area contributed by atoms with Gasteiger partial charge in [-0.3, -0.25) is 5.10 Å². The van der Waals surface area contributed by atoms with Crippen LogP contribution in [-0.2, 0) is 0 Å². The molecule has 0 unspecified atom stereocenters. The zero-order valence-corrected chi connectivity index (χ0v) is 12.7. The number of phenolic OH excluding ortho intramolecular Hbond substituents is 1. The van der Waals surface area contributed by atoms with Gasteiger partial charge in [-0.25, -0.2) is 0 Å². The standard InChI is InChI=1S/C14H10ClN5OS/c15-8-3-11(21)13-12(4-8)22-20-14(18-13)17-9-2-1-7-6-16-19-10(7)5-9/h1-6,21H,(H,16,19)(H2,17,18,20). The Morgan fingerprint density at radius 3 is 3.05 bits per heavy atom. The van der Waals surface area contributed by atoms with Crippen LogP contribution in [0.5, 0.6) is 5.75 Å².